The summed E-state index contributed by atoms with van der Waals surface area (Å²) in [6.45, 7) is 14.5. The fraction of sp³-hybridized carbons (Fsp3) is 0.929. The zero-order valence-electron chi connectivity index (χ0n) is 12.5. The molecule has 0 bridgehead atoms. The van der Waals surface area contributed by atoms with Crippen LogP contribution in [-0.2, 0) is 9.53 Å². The quantitative estimate of drug-likeness (QED) is 0.751. The number of piperazine rings is 1. The summed E-state index contributed by atoms with van der Waals surface area (Å²) in [5.41, 5.74) is 0.240. The molecule has 0 unspecified atom stereocenters. The maximum absolute atomic E-state index is 11.9. The molecule has 0 aromatic heterocycles. The summed E-state index contributed by atoms with van der Waals surface area (Å²) in [7, 11) is 0. The molecule has 0 N–H and O–H groups in total. The Morgan fingerprint density at radius 2 is 1.78 bits per heavy atom. The van der Waals surface area contributed by atoms with Crippen molar-refractivity contribution in [3.63, 3.8) is 0 Å². The molecule has 1 aliphatic heterocycles. The van der Waals surface area contributed by atoms with Crippen molar-refractivity contribution in [1.29, 1.82) is 0 Å². The molecule has 0 aliphatic carbocycles. The van der Waals surface area contributed by atoms with E-state index < -0.39 is 0 Å². The van der Waals surface area contributed by atoms with Gasteiger partial charge < -0.3 is 9.64 Å². The van der Waals surface area contributed by atoms with E-state index in [1.807, 2.05) is 18.7 Å². The van der Waals surface area contributed by atoms with Crippen LogP contribution in [-0.4, -0.2) is 60.1 Å². The molecule has 0 spiro atoms. The lowest BCUT2D eigenvalue weighted by Crippen LogP contribution is -2.56. The lowest BCUT2D eigenvalue weighted by Gasteiger charge is -2.43. The zero-order chi connectivity index (χ0) is 13.8. The lowest BCUT2D eigenvalue weighted by molar-refractivity contribution is -0.140. The highest BCUT2D eigenvalue weighted by Gasteiger charge is 2.29. The van der Waals surface area contributed by atoms with Crippen LogP contribution in [0.25, 0.3) is 0 Å². The Bertz CT molecular complexity index is 269. The first kappa shape index (κ1) is 15.4. The van der Waals surface area contributed by atoms with Crippen molar-refractivity contribution < 1.29 is 9.53 Å². The second-order valence-corrected chi connectivity index (χ2v) is 5.89. The van der Waals surface area contributed by atoms with Crippen molar-refractivity contribution in [1.82, 2.24) is 9.80 Å². The van der Waals surface area contributed by atoms with Gasteiger partial charge in [0.05, 0.1) is 6.10 Å². The Labute approximate surface area is 111 Å². The average molecular weight is 256 g/mol. The number of carbonyl (C=O) groups excluding carboxylic acids is 1. The minimum atomic E-state index is 0.120. The van der Waals surface area contributed by atoms with E-state index in [4.69, 9.17) is 4.74 Å². The van der Waals surface area contributed by atoms with Crippen molar-refractivity contribution in [3.05, 3.63) is 0 Å². The molecule has 0 aromatic carbocycles. The third-order valence-electron chi connectivity index (χ3n) is 3.89. The third kappa shape index (κ3) is 4.25. The Morgan fingerprint density at radius 3 is 2.22 bits per heavy atom. The van der Waals surface area contributed by atoms with E-state index in [-0.39, 0.29) is 24.2 Å². The second-order valence-electron chi connectivity index (χ2n) is 5.89. The number of hydrogen-bond donors (Lipinski definition) is 0. The normalized spacial score (nSPS) is 18.4. The highest BCUT2D eigenvalue weighted by atomic mass is 16.5. The van der Waals surface area contributed by atoms with Gasteiger partial charge in [-0.3, -0.25) is 9.69 Å². The topological polar surface area (TPSA) is 32.8 Å². The van der Waals surface area contributed by atoms with Crippen molar-refractivity contribution in [2.45, 2.75) is 52.7 Å². The van der Waals surface area contributed by atoms with Gasteiger partial charge >= 0.3 is 0 Å². The summed E-state index contributed by atoms with van der Waals surface area (Å²) in [5.74, 6) is 0.123. The van der Waals surface area contributed by atoms with Crippen LogP contribution >= 0.6 is 0 Å². The van der Waals surface area contributed by atoms with Gasteiger partial charge in [0.15, 0.2) is 0 Å². The molecule has 1 fully saturated rings. The van der Waals surface area contributed by atoms with Gasteiger partial charge in [0.25, 0.3) is 0 Å². The molecular weight excluding hydrogens is 228 g/mol. The highest BCUT2D eigenvalue weighted by molar-refractivity contribution is 5.77. The van der Waals surface area contributed by atoms with Crippen LogP contribution in [0.15, 0.2) is 0 Å². The first-order valence-corrected chi connectivity index (χ1v) is 7.01. The van der Waals surface area contributed by atoms with E-state index in [0.29, 0.717) is 0 Å². The Morgan fingerprint density at radius 1 is 1.22 bits per heavy atom. The minimum absolute atomic E-state index is 0.120. The van der Waals surface area contributed by atoms with Gasteiger partial charge in [-0.25, -0.2) is 0 Å². The van der Waals surface area contributed by atoms with Crippen LogP contribution in [0, 0.1) is 0 Å². The Kier molecular flexibility index (Phi) is 5.60. The molecule has 1 saturated heterocycles. The highest BCUT2D eigenvalue weighted by Crippen LogP contribution is 2.20. The van der Waals surface area contributed by atoms with E-state index >= 15 is 0 Å². The summed E-state index contributed by atoms with van der Waals surface area (Å²) in [6, 6.07) is 0. The van der Waals surface area contributed by atoms with Gasteiger partial charge in [-0.05, 0) is 34.1 Å². The summed E-state index contributed by atoms with van der Waals surface area (Å²) < 4.78 is 5.37. The van der Waals surface area contributed by atoms with Crippen LogP contribution in [0.2, 0.25) is 0 Å². The van der Waals surface area contributed by atoms with Crippen molar-refractivity contribution >= 4 is 5.91 Å². The van der Waals surface area contributed by atoms with Crippen LogP contribution in [0.4, 0.5) is 0 Å². The fourth-order valence-electron chi connectivity index (χ4n) is 2.11. The summed E-state index contributed by atoms with van der Waals surface area (Å²) in [4.78, 5) is 16.3. The summed E-state index contributed by atoms with van der Waals surface area (Å²) in [5, 5.41) is 0. The van der Waals surface area contributed by atoms with Gasteiger partial charge in [-0.1, -0.05) is 6.92 Å². The summed E-state index contributed by atoms with van der Waals surface area (Å²) >= 11 is 0. The fourth-order valence-corrected chi connectivity index (χ4v) is 2.11. The number of ether oxygens (including phenoxy) is 1. The molecule has 1 amide bonds. The molecule has 4 heteroatoms. The molecule has 1 aliphatic rings. The number of amides is 1. The monoisotopic (exact) mass is 256 g/mol. The molecule has 0 saturated carbocycles. The first-order chi connectivity index (χ1) is 8.36. The maximum atomic E-state index is 11.9. The van der Waals surface area contributed by atoms with Crippen LogP contribution in [0.1, 0.15) is 41.0 Å². The number of rotatable bonds is 5. The number of nitrogens with zero attached hydrogens (tertiary/aromatic N) is 2. The minimum Gasteiger partial charge on any atom is -0.369 e. The SMILES string of the molecule is CCC(C)(C)N1CCN(C(=O)COC(C)C)CC1. The molecule has 0 atom stereocenters. The average Bonchev–Trinajstić information content (AvgIpc) is 2.36. The largest absolute Gasteiger partial charge is 0.369 e. The van der Waals surface area contributed by atoms with Crippen LogP contribution < -0.4 is 0 Å². The smallest absolute Gasteiger partial charge is 0.248 e. The molecule has 1 heterocycles. The maximum Gasteiger partial charge on any atom is 0.248 e. The van der Waals surface area contributed by atoms with Crippen molar-refractivity contribution in [2.24, 2.45) is 0 Å². The predicted molar refractivity (Wildman–Crippen MR) is 73.6 cm³/mol. The molecule has 18 heavy (non-hydrogen) atoms. The lowest BCUT2D eigenvalue weighted by atomic mass is 9.98. The van der Waals surface area contributed by atoms with Gasteiger partial charge in [0, 0.05) is 31.7 Å². The van der Waals surface area contributed by atoms with Crippen LogP contribution in [0.3, 0.4) is 0 Å². The van der Waals surface area contributed by atoms with Gasteiger partial charge in [0.2, 0.25) is 5.91 Å². The van der Waals surface area contributed by atoms with Gasteiger partial charge in [-0.15, -0.1) is 0 Å². The molecular formula is C14H28N2O2. The molecule has 4 nitrogen and oxygen atoms in total. The van der Waals surface area contributed by atoms with E-state index in [1.54, 1.807) is 0 Å². The van der Waals surface area contributed by atoms with E-state index in [0.717, 1.165) is 32.6 Å². The number of carbonyl (C=O) groups is 1. The van der Waals surface area contributed by atoms with Crippen molar-refractivity contribution in [2.75, 3.05) is 32.8 Å². The summed E-state index contributed by atoms with van der Waals surface area (Å²) in [6.07, 6.45) is 1.26. The van der Waals surface area contributed by atoms with Crippen LogP contribution in [0.5, 0.6) is 0 Å². The predicted octanol–water partition coefficient (Wildman–Crippen LogP) is 1.74. The second kappa shape index (κ2) is 6.53. The van der Waals surface area contributed by atoms with Gasteiger partial charge in [-0.2, -0.15) is 0 Å². The molecule has 0 radical (unpaired) electrons. The van der Waals surface area contributed by atoms with E-state index in [9.17, 15) is 4.79 Å². The molecule has 106 valence electrons. The van der Waals surface area contributed by atoms with E-state index in [2.05, 4.69) is 25.7 Å². The standard InChI is InChI=1S/C14H28N2O2/c1-6-14(4,5)16-9-7-15(8-10-16)13(17)11-18-12(2)3/h12H,6-11H2,1-5H3. The Hall–Kier alpha value is -0.610. The number of hydrogen-bond acceptors (Lipinski definition) is 3. The van der Waals surface area contributed by atoms with Gasteiger partial charge in [0.1, 0.15) is 6.61 Å². The zero-order valence-corrected chi connectivity index (χ0v) is 12.5. The molecule has 0 aromatic rings. The third-order valence-corrected chi connectivity index (χ3v) is 3.89. The van der Waals surface area contributed by atoms with E-state index in [1.165, 1.54) is 0 Å². The first-order valence-electron chi connectivity index (χ1n) is 7.01. The molecule has 1 rings (SSSR count). The Balaban J connectivity index is 2.37. The van der Waals surface area contributed by atoms with Crippen molar-refractivity contribution in [3.8, 4) is 0 Å².